The van der Waals surface area contributed by atoms with Gasteiger partial charge in [-0.25, -0.2) is 0 Å². The molecule has 1 atom stereocenters. The number of benzene rings is 1. The fourth-order valence-corrected chi connectivity index (χ4v) is 2.94. The van der Waals surface area contributed by atoms with Gasteiger partial charge in [-0.05, 0) is 30.0 Å². The topological polar surface area (TPSA) is 47.3 Å². The second-order valence-electron chi connectivity index (χ2n) is 5.10. The first-order chi connectivity index (χ1) is 9.69. The maximum atomic E-state index is 9.81. The number of aliphatic hydroxyl groups is 1. The van der Waals surface area contributed by atoms with Crippen LogP contribution in [0.5, 0.6) is 5.75 Å². The summed E-state index contributed by atoms with van der Waals surface area (Å²) in [6.07, 6.45) is 4.01. The fraction of sp³-hybridized carbons (Fsp3) is 0.400. The molecule has 106 valence electrons. The summed E-state index contributed by atoms with van der Waals surface area (Å²) < 4.78 is 7.16. The van der Waals surface area contributed by atoms with Gasteiger partial charge in [0.25, 0.3) is 0 Å². The lowest BCUT2D eigenvalue weighted by molar-refractivity contribution is 0.155. The Morgan fingerprint density at radius 3 is 3.15 bits per heavy atom. The molecule has 0 aliphatic heterocycles. The average molecular weight is 293 g/mol. The summed E-state index contributed by atoms with van der Waals surface area (Å²) in [5.74, 6) is 0.672. The van der Waals surface area contributed by atoms with Gasteiger partial charge < -0.3 is 9.84 Å². The smallest absolute Gasteiger partial charge is 0.137 e. The lowest BCUT2D eigenvalue weighted by Gasteiger charge is -2.19. The van der Waals surface area contributed by atoms with Gasteiger partial charge in [0, 0.05) is 12.1 Å². The van der Waals surface area contributed by atoms with E-state index >= 15 is 0 Å². The minimum Gasteiger partial charge on any atom is -0.495 e. The number of methoxy groups -OCH3 is 1. The summed E-state index contributed by atoms with van der Waals surface area (Å²) in [4.78, 5) is 0. The van der Waals surface area contributed by atoms with E-state index in [2.05, 4.69) is 5.10 Å². The first-order valence-electron chi connectivity index (χ1n) is 6.72. The van der Waals surface area contributed by atoms with E-state index in [0.717, 1.165) is 24.1 Å². The molecule has 0 radical (unpaired) electrons. The van der Waals surface area contributed by atoms with E-state index in [1.165, 1.54) is 5.56 Å². The van der Waals surface area contributed by atoms with Crippen molar-refractivity contribution in [2.24, 2.45) is 0 Å². The number of hydrogen-bond acceptors (Lipinski definition) is 3. The number of ether oxygens (including phenoxy) is 1. The van der Waals surface area contributed by atoms with Gasteiger partial charge in [-0.15, -0.1) is 0 Å². The predicted octanol–water partition coefficient (Wildman–Crippen LogP) is 2.44. The summed E-state index contributed by atoms with van der Waals surface area (Å²) in [6, 6.07) is 5.73. The Bertz CT molecular complexity index is 624. The standard InChI is InChI=1S/C15H17ClN2O2/c1-20-14-4-2-3-11(15(14)16)9-18-13-7-12(19)6-5-10(13)8-17-18/h2-4,8,12,19H,5-7,9H2,1H3. The lowest BCUT2D eigenvalue weighted by Crippen LogP contribution is -2.21. The molecule has 20 heavy (non-hydrogen) atoms. The molecule has 4 nitrogen and oxygen atoms in total. The molecular formula is C15H17ClN2O2. The van der Waals surface area contributed by atoms with Crippen LogP contribution in [0.1, 0.15) is 23.2 Å². The van der Waals surface area contributed by atoms with Crippen LogP contribution in [0.3, 0.4) is 0 Å². The normalized spacial score (nSPS) is 17.9. The maximum absolute atomic E-state index is 9.81. The second-order valence-corrected chi connectivity index (χ2v) is 5.48. The highest BCUT2D eigenvalue weighted by Gasteiger charge is 2.21. The maximum Gasteiger partial charge on any atom is 0.137 e. The predicted molar refractivity (Wildman–Crippen MR) is 77.4 cm³/mol. The molecule has 1 aromatic carbocycles. The highest BCUT2D eigenvalue weighted by Crippen LogP contribution is 2.29. The van der Waals surface area contributed by atoms with Crippen LogP contribution in [0, 0.1) is 0 Å². The summed E-state index contributed by atoms with van der Waals surface area (Å²) in [5.41, 5.74) is 3.31. The Morgan fingerprint density at radius 2 is 2.35 bits per heavy atom. The molecule has 0 saturated heterocycles. The number of aliphatic hydroxyl groups excluding tert-OH is 1. The summed E-state index contributed by atoms with van der Waals surface area (Å²) in [6.45, 7) is 0.595. The fourth-order valence-electron chi connectivity index (χ4n) is 2.68. The van der Waals surface area contributed by atoms with Crippen molar-refractivity contribution in [3.05, 3.63) is 46.2 Å². The molecule has 5 heteroatoms. The minimum atomic E-state index is -0.265. The highest BCUT2D eigenvalue weighted by atomic mass is 35.5. The molecule has 0 spiro atoms. The molecule has 0 bridgehead atoms. The van der Waals surface area contributed by atoms with Crippen LogP contribution < -0.4 is 4.74 Å². The van der Waals surface area contributed by atoms with Crippen molar-refractivity contribution in [1.82, 2.24) is 9.78 Å². The quantitative estimate of drug-likeness (QED) is 0.945. The number of fused-ring (bicyclic) bond motifs is 1. The molecule has 0 saturated carbocycles. The van der Waals surface area contributed by atoms with Gasteiger partial charge in [0.05, 0.1) is 31.0 Å². The third kappa shape index (κ3) is 2.41. The van der Waals surface area contributed by atoms with Crippen LogP contribution in [0.4, 0.5) is 0 Å². The van der Waals surface area contributed by atoms with Crippen LogP contribution >= 0.6 is 11.6 Å². The summed E-state index contributed by atoms with van der Waals surface area (Å²) in [5, 5.41) is 14.9. The zero-order valence-electron chi connectivity index (χ0n) is 11.3. The highest BCUT2D eigenvalue weighted by molar-refractivity contribution is 6.32. The molecule has 0 amide bonds. The number of nitrogens with zero attached hydrogens (tertiary/aromatic N) is 2. The molecule has 3 rings (SSSR count). The van der Waals surface area contributed by atoms with Crippen molar-refractivity contribution >= 4 is 11.6 Å². The monoisotopic (exact) mass is 292 g/mol. The molecule has 1 aromatic heterocycles. The minimum absolute atomic E-state index is 0.265. The van der Waals surface area contributed by atoms with E-state index in [1.54, 1.807) is 7.11 Å². The van der Waals surface area contributed by atoms with Gasteiger partial charge in [0.2, 0.25) is 0 Å². The summed E-state index contributed by atoms with van der Waals surface area (Å²) >= 11 is 6.32. The largest absolute Gasteiger partial charge is 0.495 e. The number of halogens is 1. The van der Waals surface area contributed by atoms with Gasteiger partial charge in [0.15, 0.2) is 0 Å². The lowest BCUT2D eigenvalue weighted by atomic mass is 9.95. The molecule has 0 fully saturated rings. The van der Waals surface area contributed by atoms with Crippen LogP contribution in [-0.2, 0) is 19.4 Å². The summed E-state index contributed by atoms with van der Waals surface area (Å²) in [7, 11) is 1.61. The van der Waals surface area contributed by atoms with E-state index in [9.17, 15) is 5.11 Å². The van der Waals surface area contributed by atoms with Crippen molar-refractivity contribution < 1.29 is 9.84 Å². The zero-order chi connectivity index (χ0) is 14.1. The van der Waals surface area contributed by atoms with Gasteiger partial charge in [-0.2, -0.15) is 5.10 Å². The van der Waals surface area contributed by atoms with Crippen molar-refractivity contribution in [2.75, 3.05) is 7.11 Å². The zero-order valence-corrected chi connectivity index (χ0v) is 12.1. The van der Waals surface area contributed by atoms with E-state index in [1.807, 2.05) is 29.1 Å². The van der Waals surface area contributed by atoms with Crippen molar-refractivity contribution in [3.8, 4) is 5.75 Å². The average Bonchev–Trinajstić information content (AvgIpc) is 2.83. The third-order valence-corrected chi connectivity index (χ3v) is 4.22. The molecule has 1 N–H and O–H groups in total. The number of aryl methyl sites for hydroxylation is 1. The number of hydrogen-bond donors (Lipinski definition) is 1. The second kappa shape index (κ2) is 5.46. The van der Waals surface area contributed by atoms with Crippen LogP contribution in [0.25, 0.3) is 0 Å². The molecule has 1 aliphatic carbocycles. The molecule has 1 aliphatic rings. The van der Waals surface area contributed by atoms with E-state index in [-0.39, 0.29) is 6.10 Å². The van der Waals surface area contributed by atoms with E-state index < -0.39 is 0 Å². The Labute approximate surface area is 122 Å². The van der Waals surface area contributed by atoms with E-state index in [4.69, 9.17) is 16.3 Å². The third-order valence-electron chi connectivity index (χ3n) is 3.79. The van der Waals surface area contributed by atoms with Crippen LogP contribution in [-0.4, -0.2) is 28.1 Å². The molecule has 1 heterocycles. The Balaban J connectivity index is 1.91. The van der Waals surface area contributed by atoms with Crippen LogP contribution in [0.15, 0.2) is 24.4 Å². The Morgan fingerprint density at radius 1 is 1.50 bits per heavy atom. The van der Waals surface area contributed by atoms with Gasteiger partial charge in [-0.1, -0.05) is 23.7 Å². The Hall–Kier alpha value is -1.52. The van der Waals surface area contributed by atoms with Crippen molar-refractivity contribution in [1.29, 1.82) is 0 Å². The number of aromatic nitrogens is 2. The van der Waals surface area contributed by atoms with Gasteiger partial charge in [0.1, 0.15) is 5.75 Å². The molecular weight excluding hydrogens is 276 g/mol. The van der Waals surface area contributed by atoms with Crippen molar-refractivity contribution in [2.45, 2.75) is 31.9 Å². The first-order valence-corrected chi connectivity index (χ1v) is 7.10. The SMILES string of the molecule is COc1cccc(Cn2ncc3c2CC(O)CC3)c1Cl. The number of rotatable bonds is 3. The van der Waals surface area contributed by atoms with Crippen molar-refractivity contribution in [3.63, 3.8) is 0 Å². The van der Waals surface area contributed by atoms with E-state index in [0.29, 0.717) is 23.7 Å². The molecule has 1 unspecified atom stereocenters. The Kier molecular flexibility index (Phi) is 3.68. The van der Waals surface area contributed by atoms with Gasteiger partial charge >= 0.3 is 0 Å². The molecule has 2 aromatic rings. The van der Waals surface area contributed by atoms with Gasteiger partial charge in [-0.3, -0.25) is 4.68 Å². The van der Waals surface area contributed by atoms with Crippen LogP contribution in [0.2, 0.25) is 5.02 Å². The first kappa shape index (κ1) is 13.5.